The van der Waals surface area contributed by atoms with E-state index < -0.39 is 26.6 Å². The molecule has 0 aliphatic heterocycles. The fourth-order valence-electron chi connectivity index (χ4n) is 1.80. The van der Waals surface area contributed by atoms with Crippen molar-refractivity contribution in [2.24, 2.45) is 0 Å². The lowest BCUT2D eigenvalue weighted by Crippen LogP contribution is -2.15. The van der Waals surface area contributed by atoms with Crippen molar-refractivity contribution in [3.05, 3.63) is 59.7 Å². The van der Waals surface area contributed by atoms with Crippen LogP contribution in [0.3, 0.4) is 0 Å². The summed E-state index contributed by atoms with van der Waals surface area (Å²) in [5.74, 6) is -1.96. The summed E-state index contributed by atoms with van der Waals surface area (Å²) in [6.45, 7) is 0.652. The lowest BCUT2D eigenvalue weighted by Gasteiger charge is -2.09. The summed E-state index contributed by atoms with van der Waals surface area (Å²) in [6, 6.07) is 8.96. The van der Waals surface area contributed by atoms with E-state index in [4.69, 9.17) is 0 Å². The molecule has 7 heteroatoms. The highest BCUT2D eigenvalue weighted by Crippen LogP contribution is 2.20. The highest BCUT2D eigenvalue weighted by molar-refractivity contribution is 7.92. The minimum Gasteiger partial charge on any atom is -0.316 e. The lowest BCUT2D eigenvalue weighted by molar-refractivity contribution is 0.551. The van der Waals surface area contributed by atoms with Crippen molar-refractivity contribution in [2.45, 2.75) is 11.4 Å². The summed E-state index contributed by atoms with van der Waals surface area (Å²) in [5, 5.41) is 2.97. The Morgan fingerprint density at radius 3 is 2.29 bits per heavy atom. The van der Waals surface area contributed by atoms with Crippen molar-refractivity contribution in [2.75, 3.05) is 11.8 Å². The van der Waals surface area contributed by atoms with Crippen LogP contribution in [-0.2, 0) is 16.6 Å². The molecule has 4 nitrogen and oxygen atoms in total. The average molecular weight is 312 g/mol. The van der Waals surface area contributed by atoms with Crippen LogP contribution < -0.4 is 10.0 Å². The van der Waals surface area contributed by atoms with Crippen LogP contribution in [0.4, 0.5) is 14.5 Å². The van der Waals surface area contributed by atoms with E-state index >= 15 is 0 Å². The van der Waals surface area contributed by atoms with Gasteiger partial charge in [0, 0.05) is 18.3 Å². The molecular weight excluding hydrogens is 298 g/mol. The first-order valence-electron chi connectivity index (χ1n) is 6.14. The number of benzene rings is 2. The zero-order valence-electron chi connectivity index (χ0n) is 11.2. The zero-order valence-corrected chi connectivity index (χ0v) is 12.0. The topological polar surface area (TPSA) is 58.2 Å². The third kappa shape index (κ3) is 3.77. The molecular formula is C14H14F2N2O2S. The first kappa shape index (κ1) is 15.4. The molecule has 0 heterocycles. The molecule has 2 rings (SSSR count). The van der Waals surface area contributed by atoms with Gasteiger partial charge in [-0.25, -0.2) is 17.2 Å². The second-order valence-corrected chi connectivity index (χ2v) is 6.06. The van der Waals surface area contributed by atoms with Crippen molar-refractivity contribution >= 4 is 15.7 Å². The maximum Gasteiger partial charge on any atom is 0.264 e. The number of anilines is 1. The Balaban J connectivity index is 2.24. The van der Waals surface area contributed by atoms with Gasteiger partial charge in [0.2, 0.25) is 0 Å². The zero-order chi connectivity index (χ0) is 15.5. The third-order valence-corrected chi connectivity index (χ3v) is 4.19. The second kappa shape index (κ2) is 6.19. The van der Waals surface area contributed by atoms with Gasteiger partial charge in [-0.2, -0.15) is 0 Å². The summed E-state index contributed by atoms with van der Waals surface area (Å²) in [6.07, 6.45) is 0. The smallest absolute Gasteiger partial charge is 0.264 e. The van der Waals surface area contributed by atoms with E-state index in [0.29, 0.717) is 18.3 Å². The third-order valence-electron chi connectivity index (χ3n) is 2.77. The van der Waals surface area contributed by atoms with Crippen LogP contribution in [0.25, 0.3) is 0 Å². The number of hydrogen-bond donors (Lipinski definition) is 2. The molecule has 0 unspecified atom stereocenters. The SMILES string of the molecule is CNCc1ccc(NS(=O)(=O)c2ccc(F)cc2F)cc1. The van der Waals surface area contributed by atoms with Gasteiger partial charge in [0.1, 0.15) is 16.5 Å². The maximum absolute atomic E-state index is 13.5. The van der Waals surface area contributed by atoms with Crippen molar-refractivity contribution in [3.8, 4) is 0 Å². The van der Waals surface area contributed by atoms with Crippen LogP contribution >= 0.6 is 0 Å². The maximum atomic E-state index is 13.5. The van der Waals surface area contributed by atoms with Gasteiger partial charge in [-0.05, 0) is 36.9 Å². The molecule has 2 aromatic rings. The number of hydrogen-bond acceptors (Lipinski definition) is 3. The van der Waals surface area contributed by atoms with E-state index in [1.165, 1.54) is 0 Å². The summed E-state index contributed by atoms with van der Waals surface area (Å²) in [4.78, 5) is -0.594. The van der Waals surface area contributed by atoms with E-state index in [0.717, 1.165) is 17.7 Å². The summed E-state index contributed by atoms with van der Waals surface area (Å²) in [5.41, 5.74) is 1.28. The van der Waals surface area contributed by atoms with Gasteiger partial charge in [-0.15, -0.1) is 0 Å². The van der Waals surface area contributed by atoms with Crippen molar-refractivity contribution in [1.29, 1.82) is 0 Å². The monoisotopic (exact) mass is 312 g/mol. The summed E-state index contributed by atoms with van der Waals surface area (Å²) < 4.78 is 52.7. The van der Waals surface area contributed by atoms with Crippen molar-refractivity contribution in [3.63, 3.8) is 0 Å². The molecule has 0 spiro atoms. The number of nitrogens with one attached hydrogen (secondary N) is 2. The Morgan fingerprint density at radius 1 is 1.05 bits per heavy atom. The molecule has 0 bridgehead atoms. The van der Waals surface area contributed by atoms with Gasteiger partial charge in [0.05, 0.1) is 0 Å². The highest BCUT2D eigenvalue weighted by Gasteiger charge is 2.19. The molecule has 0 aromatic heterocycles. The predicted octanol–water partition coefficient (Wildman–Crippen LogP) is 2.49. The number of rotatable bonds is 5. The fourth-order valence-corrected chi connectivity index (χ4v) is 2.92. The van der Waals surface area contributed by atoms with Crippen molar-refractivity contribution < 1.29 is 17.2 Å². The second-order valence-electron chi connectivity index (χ2n) is 4.41. The molecule has 0 saturated heterocycles. The molecule has 112 valence electrons. The van der Waals surface area contributed by atoms with Crippen LogP contribution in [0.2, 0.25) is 0 Å². The molecule has 0 aliphatic rings. The Labute approximate surface area is 121 Å². The largest absolute Gasteiger partial charge is 0.316 e. The lowest BCUT2D eigenvalue weighted by atomic mass is 10.2. The number of halogens is 2. The normalized spacial score (nSPS) is 11.4. The molecule has 21 heavy (non-hydrogen) atoms. The summed E-state index contributed by atoms with van der Waals surface area (Å²) >= 11 is 0. The van der Waals surface area contributed by atoms with Crippen LogP contribution in [-0.4, -0.2) is 15.5 Å². The van der Waals surface area contributed by atoms with E-state index in [1.807, 2.05) is 0 Å². The van der Waals surface area contributed by atoms with Crippen LogP contribution in [0, 0.1) is 11.6 Å². The van der Waals surface area contributed by atoms with E-state index in [9.17, 15) is 17.2 Å². The minimum atomic E-state index is -4.09. The van der Waals surface area contributed by atoms with Crippen LogP contribution in [0.5, 0.6) is 0 Å². The van der Waals surface area contributed by atoms with E-state index in [1.54, 1.807) is 31.3 Å². The molecule has 0 saturated carbocycles. The minimum absolute atomic E-state index is 0.304. The molecule has 0 amide bonds. The molecule has 2 N–H and O–H groups in total. The first-order valence-corrected chi connectivity index (χ1v) is 7.62. The van der Waals surface area contributed by atoms with Gasteiger partial charge in [-0.1, -0.05) is 12.1 Å². The predicted molar refractivity (Wildman–Crippen MR) is 76.4 cm³/mol. The molecule has 2 aromatic carbocycles. The molecule has 0 fully saturated rings. The first-order chi connectivity index (χ1) is 9.92. The van der Waals surface area contributed by atoms with Gasteiger partial charge in [-0.3, -0.25) is 4.72 Å². The summed E-state index contributed by atoms with van der Waals surface area (Å²) in [7, 11) is -2.29. The van der Waals surface area contributed by atoms with Gasteiger partial charge < -0.3 is 5.32 Å². The highest BCUT2D eigenvalue weighted by atomic mass is 32.2. The fraction of sp³-hybridized carbons (Fsp3) is 0.143. The van der Waals surface area contributed by atoms with E-state index in [2.05, 4.69) is 10.0 Å². The Hall–Kier alpha value is -1.99. The number of sulfonamides is 1. The molecule has 0 radical (unpaired) electrons. The van der Waals surface area contributed by atoms with Crippen LogP contribution in [0.1, 0.15) is 5.56 Å². The van der Waals surface area contributed by atoms with E-state index in [-0.39, 0.29) is 0 Å². The van der Waals surface area contributed by atoms with Crippen molar-refractivity contribution in [1.82, 2.24) is 5.32 Å². The Bertz CT molecular complexity index is 731. The Kier molecular flexibility index (Phi) is 4.54. The van der Waals surface area contributed by atoms with Gasteiger partial charge >= 0.3 is 0 Å². The Morgan fingerprint density at radius 2 is 1.71 bits per heavy atom. The molecule has 0 atom stereocenters. The molecule has 0 aliphatic carbocycles. The standard InChI is InChI=1S/C14H14F2N2O2S/c1-17-9-10-2-5-12(6-3-10)18-21(19,20)14-7-4-11(15)8-13(14)16/h2-8,17-18H,9H2,1H3. The van der Waals surface area contributed by atoms with Gasteiger partial charge in [0.15, 0.2) is 0 Å². The quantitative estimate of drug-likeness (QED) is 0.892. The average Bonchev–Trinajstić information content (AvgIpc) is 2.40. The van der Waals surface area contributed by atoms with Gasteiger partial charge in [0.25, 0.3) is 10.0 Å². The van der Waals surface area contributed by atoms with Crippen LogP contribution in [0.15, 0.2) is 47.4 Å².